The fourth-order valence-electron chi connectivity index (χ4n) is 6.98. The number of nitrogens with one attached hydrogen (secondary N) is 8. The van der Waals surface area contributed by atoms with Gasteiger partial charge in [-0.2, -0.15) is 0 Å². The second kappa shape index (κ2) is 28.5. The first-order chi connectivity index (χ1) is 33.4. The van der Waals surface area contributed by atoms with E-state index in [1.807, 2.05) is 0 Å². The van der Waals surface area contributed by atoms with Crippen LogP contribution >= 0.6 is 21.6 Å². The summed E-state index contributed by atoms with van der Waals surface area (Å²) >= 11 is 0. The summed E-state index contributed by atoms with van der Waals surface area (Å²) in [6, 6.07) is 6.94. The van der Waals surface area contributed by atoms with Crippen molar-refractivity contribution < 1.29 is 48.9 Å². The number of amides is 7. The minimum atomic E-state index is -1.73. The molecule has 382 valence electrons. The highest BCUT2D eigenvalue weighted by Gasteiger charge is 2.36. The summed E-state index contributed by atoms with van der Waals surface area (Å²) in [4.78, 5) is 126. The third-order valence-corrected chi connectivity index (χ3v) is 13.4. The molecule has 23 nitrogen and oxygen atoms in total. The summed E-state index contributed by atoms with van der Waals surface area (Å²) in [7, 11) is 1.96. The normalized spacial score (nSPS) is 22.9. The van der Waals surface area contributed by atoms with Gasteiger partial charge in [0.2, 0.25) is 41.4 Å². The third kappa shape index (κ3) is 18.0. The van der Waals surface area contributed by atoms with Crippen LogP contribution in [0.1, 0.15) is 44.2 Å². The molecule has 10 atom stereocenters. The molecule has 4 rings (SSSR count). The van der Waals surface area contributed by atoms with E-state index in [1.54, 1.807) is 60.7 Å². The highest BCUT2D eigenvalue weighted by atomic mass is 33.1. The molecule has 70 heavy (non-hydrogen) atoms. The smallest absolute Gasteiger partial charge is 0.328 e. The molecule has 2 heterocycles. The van der Waals surface area contributed by atoms with Gasteiger partial charge in [-0.3, -0.25) is 47.9 Å². The molecular weight excluding hydrogens is 951 g/mol. The summed E-state index contributed by atoms with van der Waals surface area (Å²) in [5.41, 5.74) is 11.7. The number of aromatic amines is 1. The van der Waals surface area contributed by atoms with Crippen LogP contribution in [0.4, 0.5) is 0 Å². The second-order valence-electron chi connectivity index (χ2n) is 16.7. The van der Waals surface area contributed by atoms with E-state index in [0.717, 1.165) is 44.0 Å². The van der Waals surface area contributed by atoms with Crippen LogP contribution < -0.4 is 59.9 Å². The van der Waals surface area contributed by atoms with Crippen LogP contribution in [-0.2, 0) is 52.9 Å². The predicted octanol–water partition coefficient (Wildman–Crippen LogP) is -3.98. The maximum Gasteiger partial charge on any atom is 0.328 e. The number of hydrogen-bond acceptors (Lipinski definition) is 16. The van der Waals surface area contributed by atoms with E-state index in [4.69, 9.17) is 11.5 Å². The first-order valence-electron chi connectivity index (χ1n) is 22.6. The number of rotatable bonds is 17. The number of hydrogen-bond donors (Lipinski definition) is 13. The number of benzene rings is 2. The third-order valence-electron chi connectivity index (χ3n) is 11.0. The van der Waals surface area contributed by atoms with Gasteiger partial charge in [-0.15, -0.1) is 0 Å². The Balaban J connectivity index is 1.82. The molecule has 7 amide bonds. The molecule has 1 saturated heterocycles. The molecule has 1 aromatic heterocycles. The first kappa shape index (κ1) is 56.5. The topological polar surface area (TPSA) is 371 Å². The lowest BCUT2D eigenvalue weighted by Crippen LogP contribution is -2.62. The maximum absolute atomic E-state index is 14.5. The van der Waals surface area contributed by atoms with Crippen molar-refractivity contribution in [3.05, 3.63) is 105 Å². The number of H-pyrrole nitrogens is 1. The van der Waals surface area contributed by atoms with Crippen LogP contribution in [0, 0.1) is 0 Å². The Morgan fingerprint density at radius 1 is 0.757 bits per heavy atom. The van der Waals surface area contributed by atoms with E-state index in [9.17, 15) is 58.5 Å². The molecule has 0 aliphatic carbocycles. The minimum Gasteiger partial charge on any atom is -0.394 e. The Kier molecular flexibility index (Phi) is 23.0. The Labute approximate surface area is 411 Å². The molecule has 0 bridgehead atoms. The maximum atomic E-state index is 14.5. The number of aliphatic hydroxyl groups excluding tert-OH is 3. The van der Waals surface area contributed by atoms with Crippen molar-refractivity contribution in [3.8, 4) is 0 Å². The lowest BCUT2D eigenvalue weighted by molar-refractivity contribution is -0.136. The molecule has 0 spiro atoms. The molecule has 25 heteroatoms. The number of aromatic nitrogens is 2. The van der Waals surface area contributed by atoms with Crippen molar-refractivity contribution in [1.82, 2.24) is 46.8 Å². The standard InChI is InChI=1S/C45H63N11O12S2/c1-25(58)33(22-57)51-43(66)35-24-70-69-23-34(52-38(61)29(47)19-27-11-5-3-6-12-27)42(65)49-31(20-28-13-7-4-8-14-28)40(63)50-32(21-56-18-16-36(60)54-45(56)68)41(64)48-30(15-9-10-17-46)39(62)55-37(26(2)59)44(67)53-35/h3-8,11-14,16,18,25-26,29-35,37,57-59H,9-10,15,17,19-24,46-47H2,1-2H3,(H,48,64)(H,49,65)(H,50,63)(H,51,66)(H,52,61)(H,53,67)(H,55,62)(H,54,60,68)/t25?,26?,29-,30+,31+,32+,33-,34+,35+,37+/m1/s1. The van der Waals surface area contributed by atoms with E-state index >= 15 is 0 Å². The lowest BCUT2D eigenvalue weighted by Gasteiger charge is -2.29. The molecule has 0 saturated carbocycles. The van der Waals surface area contributed by atoms with Gasteiger partial charge in [-0.25, -0.2) is 4.79 Å². The molecule has 0 radical (unpaired) electrons. The van der Waals surface area contributed by atoms with Gasteiger partial charge < -0.3 is 64.0 Å². The van der Waals surface area contributed by atoms with Crippen molar-refractivity contribution in [1.29, 1.82) is 0 Å². The quantitative estimate of drug-likeness (QED) is 0.0453. The highest BCUT2D eigenvalue weighted by Crippen LogP contribution is 2.24. The lowest BCUT2D eigenvalue weighted by atomic mass is 10.0. The number of nitrogens with zero attached hydrogens (tertiary/aromatic N) is 1. The molecule has 1 aliphatic rings. The molecular formula is C45H63N11O12S2. The average molecular weight is 1010 g/mol. The molecule has 1 fully saturated rings. The minimum absolute atomic E-state index is 0.0716. The molecule has 3 aromatic rings. The predicted molar refractivity (Wildman–Crippen MR) is 261 cm³/mol. The van der Waals surface area contributed by atoms with Crippen LogP contribution in [0.3, 0.4) is 0 Å². The average Bonchev–Trinajstić information content (AvgIpc) is 3.32. The first-order valence-corrected chi connectivity index (χ1v) is 25.1. The van der Waals surface area contributed by atoms with Gasteiger partial charge in [0.25, 0.3) is 5.56 Å². The van der Waals surface area contributed by atoms with Gasteiger partial charge >= 0.3 is 5.69 Å². The molecule has 2 unspecified atom stereocenters. The number of carbonyl (C=O) groups excluding carboxylic acids is 7. The zero-order valence-corrected chi connectivity index (χ0v) is 40.3. The van der Waals surface area contributed by atoms with Crippen LogP contribution in [0.25, 0.3) is 0 Å². The van der Waals surface area contributed by atoms with Crippen molar-refractivity contribution in [3.63, 3.8) is 0 Å². The van der Waals surface area contributed by atoms with Gasteiger partial charge in [-0.1, -0.05) is 82.3 Å². The van der Waals surface area contributed by atoms with E-state index in [2.05, 4.69) is 42.2 Å². The molecule has 1 aliphatic heterocycles. The Morgan fingerprint density at radius 3 is 1.97 bits per heavy atom. The fourth-order valence-corrected chi connectivity index (χ4v) is 9.30. The van der Waals surface area contributed by atoms with Gasteiger partial charge in [0.1, 0.15) is 36.3 Å². The number of unbranched alkanes of at least 4 members (excludes halogenated alkanes) is 1. The van der Waals surface area contributed by atoms with Crippen LogP contribution in [0.15, 0.2) is 82.5 Å². The summed E-state index contributed by atoms with van der Waals surface area (Å²) in [6.45, 7) is 1.46. The Bertz CT molecular complexity index is 2340. The van der Waals surface area contributed by atoms with E-state index in [0.29, 0.717) is 12.0 Å². The number of aliphatic hydroxyl groups is 3. The fraction of sp³-hybridized carbons (Fsp3) is 0.489. The largest absolute Gasteiger partial charge is 0.394 e. The van der Waals surface area contributed by atoms with Gasteiger partial charge in [0.05, 0.1) is 37.4 Å². The van der Waals surface area contributed by atoms with E-state index in [-0.39, 0.29) is 43.7 Å². The van der Waals surface area contributed by atoms with Crippen molar-refractivity contribution >= 4 is 62.9 Å². The Morgan fingerprint density at radius 2 is 1.36 bits per heavy atom. The van der Waals surface area contributed by atoms with Crippen molar-refractivity contribution in [2.45, 2.75) is 113 Å². The summed E-state index contributed by atoms with van der Waals surface area (Å²) < 4.78 is 0.933. The van der Waals surface area contributed by atoms with Crippen LogP contribution in [0.2, 0.25) is 0 Å². The Hall–Kier alpha value is -6.09. The van der Waals surface area contributed by atoms with Gasteiger partial charge in [0, 0.05) is 30.2 Å². The van der Waals surface area contributed by atoms with Crippen LogP contribution in [0.5, 0.6) is 0 Å². The zero-order valence-electron chi connectivity index (χ0n) is 38.7. The van der Waals surface area contributed by atoms with Crippen molar-refractivity contribution in [2.75, 3.05) is 24.7 Å². The van der Waals surface area contributed by atoms with Gasteiger partial charge in [0.15, 0.2) is 0 Å². The highest BCUT2D eigenvalue weighted by molar-refractivity contribution is 8.76. The number of carbonyl (C=O) groups is 7. The molecule has 15 N–H and O–H groups in total. The van der Waals surface area contributed by atoms with Gasteiger partial charge in [-0.05, 0) is 57.2 Å². The second-order valence-corrected chi connectivity index (χ2v) is 19.2. The zero-order chi connectivity index (χ0) is 51.3. The van der Waals surface area contributed by atoms with Crippen LogP contribution in [-0.4, -0.2) is 151 Å². The monoisotopic (exact) mass is 1010 g/mol. The van der Waals surface area contributed by atoms with Crippen molar-refractivity contribution in [2.24, 2.45) is 11.5 Å². The summed E-state index contributed by atoms with van der Waals surface area (Å²) in [6.07, 6.45) is -1.19. The summed E-state index contributed by atoms with van der Waals surface area (Å²) in [5, 5.41) is 48.8. The van der Waals surface area contributed by atoms with E-state index < -0.39 is 126 Å². The SMILES string of the molecule is CC(O)[C@@H]1NC(=O)[C@H](CCCCN)NC(=O)[C@H](Cn2ccc(=O)[nH]c2=O)NC(=O)[C@H](Cc2ccccc2)NC(=O)[C@@H](NC(=O)[C@H](N)Cc2ccccc2)CSSC[C@@H](C(=O)N[C@H](CO)C(C)O)NC1=O. The number of nitrogens with two attached hydrogens (primary N) is 2. The molecule has 2 aromatic carbocycles. The van der Waals surface area contributed by atoms with E-state index in [1.165, 1.54) is 13.8 Å². The summed E-state index contributed by atoms with van der Waals surface area (Å²) in [5.74, 6) is -6.87.